The molecule has 2 heterocycles. The molecule has 0 amide bonds. The quantitative estimate of drug-likeness (QED) is 0.664. The summed E-state index contributed by atoms with van der Waals surface area (Å²) in [5.41, 5.74) is 8.90. The zero-order valence-electron chi connectivity index (χ0n) is 14.4. The molecule has 1 aliphatic carbocycles. The normalized spacial score (nSPS) is 21.2. The lowest BCUT2D eigenvalue weighted by atomic mass is 9.85. The van der Waals surface area contributed by atoms with Crippen LogP contribution in [0.5, 0.6) is 0 Å². The summed E-state index contributed by atoms with van der Waals surface area (Å²) in [7, 11) is 0. The average Bonchev–Trinajstić information content (AvgIpc) is 3.09. The van der Waals surface area contributed by atoms with Crippen LogP contribution >= 0.6 is 23.1 Å². The number of fused-ring (bicyclic) bond motifs is 1. The highest BCUT2D eigenvalue weighted by atomic mass is 32.2. The molecule has 1 unspecified atom stereocenters. The van der Waals surface area contributed by atoms with Gasteiger partial charge in [0.2, 0.25) is 0 Å². The van der Waals surface area contributed by atoms with Crippen molar-refractivity contribution in [2.24, 2.45) is 10.7 Å². The van der Waals surface area contributed by atoms with Gasteiger partial charge in [0.25, 0.3) is 0 Å². The van der Waals surface area contributed by atoms with Gasteiger partial charge in [0, 0.05) is 29.5 Å². The summed E-state index contributed by atoms with van der Waals surface area (Å²) < 4.78 is 0. The van der Waals surface area contributed by atoms with E-state index >= 15 is 0 Å². The standard InChI is InChI=1S/C19H24N4S2/c20-19(23-8-10-24-11-9-23)21-13-18-22-16-7-6-15(12-17(16)25-18)14-4-2-1-3-5-14/h1-5,15H,6-13H2,(H2,20,21). The Kier molecular flexibility index (Phi) is 5.27. The molecule has 1 aliphatic heterocycles. The van der Waals surface area contributed by atoms with Gasteiger partial charge in [0.05, 0.1) is 12.2 Å². The molecule has 0 spiro atoms. The Balaban J connectivity index is 1.42. The Morgan fingerprint density at radius 2 is 2.04 bits per heavy atom. The third-order valence-electron chi connectivity index (χ3n) is 4.97. The number of hydrogen-bond donors (Lipinski definition) is 1. The second kappa shape index (κ2) is 7.79. The van der Waals surface area contributed by atoms with Crippen LogP contribution in [0.3, 0.4) is 0 Å². The summed E-state index contributed by atoms with van der Waals surface area (Å²) in [5, 5.41) is 1.10. The van der Waals surface area contributed by atoms with Crippen LogP contribution in [0.15, 0.2) is 35.3 Å². The first-order valence-corrected chi connectivity index (χ1v) is 10.9. The zero-order chi connectivity index (χ0) is 17.1. The fraction of sp³-hybridized carbons (Fsp3) is 0.474. The maximum atomic E-state index is 6.16. The van der Waals surface area contributed by atoms with Gasteiger partial charge < -0.3 is 10.6 Å². The van der Waals surface area contributed by atoms with E-state index < -0.39 is 0 Å². The van der Waals surface area contributed by atoms with Crippen molar-refractivity contribution in [2.75, 3.05) is 24.6 Å². The van der Waals surface area contributed by atoms with Gasteiger partial charge in [-0.1, -0.05) is 30.3 Å². The maximum absolute atomic E-state index is 6.16. The molecular formula is C19H24N4S2. The number of aromatic nitrogens is 1. The number of aliphatic imine (C=N–C) groups is 1. The molecule has 2 aliphatic rings. The molecule has 1 aromatic heterocycles. The van der Waals surface area contributed by atoms with Crippen molar-refractivity contribution in [3.8, 4) is 0 Å². The van der Waals surface area contributed by atoms with E-state index in [4.69, 9.17) is 10.7 Å². The zero-order valence-corrected chi connectivity index (χ0v) is 16.0. The maximum Gasteiger partial charge on any atom is 0.191 e. The lowest BCUT2D eigenvalue weighted by Gasteiger charge is -2.27. The van der Waals surface area contributed by atoms with Gasteiger partial charge in [-0.2, -0.15) is 11.8 Å². The van der Waals surface area contributed by atoms with Crippen molar-refractivity contribution in [3.05, 3.63) is 51.5 Å². The summed E-state index contributed by atoms with van der Waals surface area (Å²) in [6, 6.07) is 10.9. The van der Waals surface area contributed by atoms with Crippen LogP contribution in [0.25, 0.3) is 0 Å². The summed E-state index contributed by atoms with van der Waals surface area (Å²) in [5.74, 6) is 3.59. The highest BCUT2D eigenvalue weighted by Crippen LogP contribution is 2.35. The van der Waals surface area contributed by atoms with Crippen LogP contribution in [0.2, 0.25) is 0 Å². The first-order valence-electron chi connectivity index (χ1n) is 8.94. The molecule has 0 saturated carbocycles. The van der Waals surface area contributed by atoms with Crippen molar-refractivity contribution in [1.82, 2.24) is 9.88 Å². The van der Waals surface area contributed by atoms with E-state index in [1.165, 1.54) is 22.6 Å². The Hall–Kier alpha value is -1.53. The Morgan fingerprint density at radius 1 is 1.24 bits per heavy atom. The van der Waals surface area contributed by atoms with Crippen molar-refractivity contribution in [1.29, 1.82) is 0 Å². The SMILES string of the molecule is NC(=NCc1nc2c(s1)CC(c1ccccc1)CC2)N1CCSCC1. The molecule has 1 saturated heterocycles. The molecule has 4 nitrogen and oxygen atoms in total. The highest BCUT2D eigenvalue weighted by molar-refractivity contribution is 7.99. The Bertz CT molecular complexity index is 735. The topological polar surface area (TPSA) is 54.5 Å². The second-order valence-electron chi connectivity index (χ2n) is 6.60. The van der Waals surface area contributed by atoms with E-state index in [2.05, 4.69) is 40.2 Å². The smallest absolute Gasteiger partial charge is 0.191 e. The first-order chi connectivity index (χ1) is 12.3. The molecule has 1 aromatic carbocycles. The van der Waals surface area contributed by atoms with Gasteiger partial charge in [-0.15, -0.1) is 11.3 Å². The van der Waals surface area contributed by atoms with Crippen molar-refractivity contribution in [2.45, 2.75) is 31.7 Å². The number of thioether (sulfide) groups is 1. The largest absolute Gasteiger partial charge is 0.370 e. The summed E-state index contributed by atoms with van der Waals surface area (Å²) in [4.78, 5) is 13.1. The van der Waals surface area contributed by atoms with E-state index in [0.717, 1.165) is 42.4 Å². The van der Waals surface area contributed by atoms with Crippen LogP contribution in [-0.4, -0.2) is 40.4 Å². The first kappa shape index (κ1) is 16.9. The lowest BCUT2D eigenvalue weighted by Crippen LogP contribution is -2.42. The second-order valence-corrected chi connectivity index (χ2v) is 8.99. The number of nitrogens with zero attached hydrogens (tertiary/aromatic N) is 3. The van der Waals surface area contributed by atoms with E-state index in [9.17, 15) is 0 Å². The molecule has 0 bridgehead atoms. The average molecular weight is 373 g/mol. The molecule has 1 atom stereocenters. The lowest BCUT2D eigenvalue weighted by molar-refractivity contribution is 0.455. The van der Waals surface area contributed by atoms with Crippen molar-refractivity contribution in [3.63, 3.8) is 0 Å². The summed E-state index contributed by atoms with van der Waals surface area (Å²) in [6.07, 6.45) is 3.38. The van der Waals surface area contributed by atoms with Gasteiger partial charge in [0.1, 0.15) is 5.01 Å². The van der Waals surface area contributed by atoms with E-state index in [1.807, 2.05) is 23.1 Å². The van der Waals surface area contributed by atoms with Crippen LogP contribution in [-0.2, 0) is 19.4 Å². The van der Waals surface area contributed by atoms with Gasteiger partial charge >= 0.3 is 0 Å². The van der Waals surface area contributed by atoms with Gasteiger partial charge in [-0.05, 0) is 30.7 Å². The number of benzene rings is 1. The summed E-state index contributed by atoms with van der Waals surface area (Å²) in [6.45, 7) is 2.63. The third kappa shape index (κ3) is 4.01. The molecule has 132 valence electrons. The fourth-order valence-electron chi connectivity index (χ4n) is 3.55. The monoisotopic (exact) mass is 372 g/mol. The Morgan fingerprint density at radius 3 is 2.84 bits per heavy atom. The van der Waals surface area contributed by atoms with Crippen LogP contribution in [0, 0.1) is 0 Å². The fourth-order valence-corrected chi connectivity index (χ4v) is 5.57. The van der Waals surface area contributed by atoms with Crippen molar-refractivity contribution < 1.29 is 0 Å². The van der Waals surface area contributed by atoms with Gasteiger partial charge in [0.15, 0.2) is 5.96 Å². The molecule has 6 heteroatoms. The van der Waals surface area contributed by atoms with Gasteiger partial charge in [-0.25, -0.2) is 9.98 Å². The minimum Gasteiger partial charge on any atom is -0.370 e. The minimum atomic E-state index is 0.614. The number of rotatable bonds is 3. The third-order valence-corrected chi connectivity index (χ3v) is 7.01. The number of guanidine groups is 1. The van der Waals surface area contributed by atoms with Crippen LogP contribution < -0.4 is 5.73 Å². The Labute approximate surface area is 157 Å². The summed E-state index contributed by atoms with van der Waals surface area (Å²) >= 11 is 3.81. The molecule has 1 fully saturated rings. The molecule has 25 heavy (non-hydrogen) atoms. The highest BCUT2D eigenvalue weighted by Gasteiger charge is 2.23. The van der Waals surface area contributed by atoms with E-state index in [1.54, 1.807) is 0 Å². The van der Waals surface area contributed by atoms with E-state index in [0.29, 0.717) is 18.4 Å². The number of hydrogen-bond acceptors (Lipinski definition) is 4. The van der Waals surface area contributed by atoms with Gasteiger partial charge in [-0.3, -0.25) is 0 Å². The van der Waals surface area contributed by atoms with Crippen LogP contribution in [0.4, 0.5) is 0 Å². The van der Waals surface area contributed by atoms with Crippen LogP contribution in [0.1, 0.15) is 33.5 Å². The number of aryl methyl sites for hydroxylation is 1. The van der Waals surface area contributed by atoms with E-state index in [-0.39, 0.29) is 0 Å². The number of nitrogens with two attached hydrogens (primary N) is 1. The molecule has 4 rings (SSSR count). The van der Waals surface area contributed by atoms with Crippen molar-refractivity contribution >= 4 is 29.1 Å². The minimum absolute atomic E-state index is 0.614. The molecule has 2 N–H and O–H groups in total. The predicted octanol–water partition coefficient (Wildman–Crippen LogP) is 3.28. The number of thiazole rings is 1. The molecule has 2 aromatic rings. The molecule has 0 radical (unpaired) electrons. The molecular weight excluding hydrogens is 348 g/mol. The predicted molar refractivity (Wildman–Crippen MR) is 108 cm³/mol.